The van der Waals surface area contributed by atoms with Crippen molar-refractivity contribution in [3.05, 3.63) is 23.8 Å². The average molecular weight is 302 g/mol. The van der Waals surface area contributed by atoms with Gasteiger partial charge in [0.2, 0.25) is 0 Å². The van der Waals surface area contributed by atoms with Crippen molar-refractivity contribution in [3.63, 3.8) is 0 Å². The first-order valence-electron chi connectivity index (χ1n) is 8.49. The molecule has 0 radical (unpaired) electrons. The van der Waals surface area contributed by atoms with Gasteiger partial charge in [-0.15, -0.1) is 0 Å². The molecule has 3 nitrogen and oxygen atoms in total. The molecule has 3 heteroatoms. The van der Waals surface area contributed by atoms with Crippen LogP contribution < -0.4 is 0 Å². The van der Waals surface area contributed by atoms with Crippen molar-refractivity contribution in [2.75, 3.05) is 7.11 Å². The van der Waals surface area contributed by atoms with E-state index in [9.17, 15) is 9.90 Å². The molecule has 2 fully saturated rings. The monoisotopic (exact) mass is 302 g/mol. The Labute approximate surface area is 132 Å². The fraction of sp³-hybridized carbons (Fsp3) is 0.737. The van der Waals surface area contributed by atoms with E-state index in [1.165, 1.54) is 7.11 Å². The highest BCUT2D eigenvalue weighted by atomic mass is 16.5. The van der Waals surface area contributed by atoms with E-state index in [0.717, 1.165) is 18.4 Å². The van der Waals surface area contributed by atoms with Gasteiger partial charge in [-0.2, -0.15) is 0 Å². The van der Waals surface area contributed by atoms with Gasteiger partial charge in [0.05, 0.1) is 7.11 Å². The highest BCUT2D eigenvalue weighted by Gasteiger charge is 2.76. The van der Waals surface area contributed by atoms with Crippen LogP contribution in [0.2, 0.25) is 0 Å². The fourth-order valence-corrected chi connectivity index (χ4v) is 6.32. The van der Waals surface area contributed by atoms with Gasteiger partial charge in [-0.05, 0) is 48.0 Å². The number of carbonyl (C=O) groups excluding carboxylic acids is 1. The second kappa shape index (κ2) is 4.05. The van der Waals surface area contributed by atoms with Crippen molar-refractivity contribution in [1.29, 1.82) is 0 Å². The zero-order valence-electron chi connectivity index (χ0n) is 13.9. The maximum Gasteiger partial charge on any atom is 0.315 e. The lowest BCUT2D eigenvalue weighted by atomic mass is 9.56. The van der Waals surface area contributed by atoms with Gasteiger partial charge < -0.3 is 9.84 Å². The number of carbonyl (C=O) groups is 1. The molecule has 0 spiro atoms. The third-order valence-electron chi connectivity index (χ3n) is 7.56. The van der Waals surface area contributed by atoms with E-state index in [-0.39, 0.29) is 23.2 Å². The molecule has 2 saturated carbocycles. The number of esters is 1. The molecule has 4 rings (SSSR count). The largest absolute Gasteiger partial charge is 0.468 e. The Morgan fingerprint density at radius 1 is 1.36 bits per heavy atom. The van der Waals surface area contributed by atoms with Gasteiger partial charge in [-0.3, -0.25) is 4.79 Å². The molecule has 22 heavy (non-hydrogen) atoms. The Hall–Kier alpha value is -1.09. The lowest BCUT2D eigenvalue weighted by molar-refractivity contribution is -0.181. The molecule has 0 unspecified atom stereocenters. The Bertz CT molecular complexity index is 602. The van der Waals surface area contributed by atoms with Crippen LogP contribution >= 0.6 is 0 Å². The molecule has 0 aromatic heterocycles. The van der Waals surface area contributed by atoms with Crippen LogP contribution in [0.1, 0.15) is 40.0 Å². The number of rotatable bonds is 1. The van der Waals surface area contributed by atoms with Gasteiger partial charge in [-0.25, -0.2) is 0 Å². The molecule has 6 atom stereocenters. The van der Waals surface area contributed by atoms with Gasteiger partial charge in [0.15, 0.2) is 0 Å². The standard InChI is InChI=1S/C19H26O3/c1-11-10-14-15(17(14,2)3)13-7-5-6-12-8-9-18(11,16(20)22-4)19(12,13)21/h5-6,8,11,13-15,21H,7,9-10H2,1-4H3/t11-,13+,14-,15+,18+,19+/m1/s1. The van der Waals surface area contributed by atoms with Gasteiger partial charge in [0.1, 0.15) is 11.0 Å². The van der Waals surface area contributed by atoms with Crippen LogP contribution in [0.25, 0.3) is 0 Å². The summed E-state index contributed by atoms with van der Waals surface area (Å²) in [5.41, 5.74) is -0.628. The highest BCUT2D eigenvalue weighted by molar-refractivity contribution is 5.82. The normalized spacial score (nSPS) is 50.5. The van der Waals surface area contributed by atoms with E-state index < -0.39 is 11.0 Å². The summed E-state index contributed by atoms with van der Waals surface area (Å²) in [4.78, 5) is 12.8. The molecule has 0 saturated heterocycles. The van der Waals surface area contributed by atoms with Crippen molar-refractivity contribution < 1.29 is 14.6 Å². The van der Waals surface area contributed by atoms with E-state index >= 15 is 0 Å². The van der Waals surface area contributed by atoms with Crippen LogP contribution in [0.3, 0.4) is 0 Å². The third kappa shape index (κ3) is 1.32. The van der Waals surface area contributed by atoms with Crippen LogP contribution in [0.15, 0.2) is 23.8 Å². The molecule has 120 valence electrons. The lowest BCUT2D eigenvalue weighted by Crippen LogP contribution is -2.60. The van der Waals surface area contributed by atoms with Crippen molar-refractivity contribution in [3.8, 4) is 0 Å². The second-order valence-corrected chi connectivity index (χ2v) is 8.43. The zero-order valence-corrected chi connectivity index (χ0v) is 13.9. The first-order chi connectivity index (χ1) is 10.3. The summed E-state index contributed by atoms with van der Waals surface area (Å²) in [7, 11) is 1.45. The van der Waals surface area contributed by atoms with Crippen LogP contribution in [0.5, 0.6) is 0 Å². The molecule has 4 aliphatic carbocycles. The van der Waals surface area contributed by atoms with Gasteiger partial charge in [0, 0.05) is 5.92 Å². The minimum Gasteiger partial charge on any atom is -0.468 e. The molecule has 0 aliphatic heterocycles. The number of hydrogen-bond acceptors (Lipinski definition) is 3. The van der Waals surface area contributed by atoms with Gasteiger partial charge >= 0.3 is 5.97 Å². The first kappa shape index (κ1) is 14.5. The van der Waals surface area contributed by atoms with Gasteiger partial charge in [-0.1, -0.05) is 39.0 Å². The predicted octanol–water partition coefficient (Wildman–Crippen LogP) is 3.10. The van der Waals surface area contributed by atoms with Crippen molar-refractivity contribution in [2.24, 2.45) is 34.5 Å². The maximum absolute atomic E-state index is 12.8. The smallest absolute Gasteiger partial charge is 0.315 e. The summed E-state index contributed by atoms with van der Waals surface area (Å²) in [6, 6.07) is 0. The summed E-state index contributed by atoms with van der Waals surface area (Å²) < 4.78 is 5.20. The van der Waals surface area contributed by atoms with Crippen molar-refractivity contribution in [2.45, 2.75) is 45.6 Å². The number of allylic oxidation sites excluding steroid dienone is 2. The topological polar surface area (TPSA) is 46.5 Å². The number of ether oxygens (including phenoxy) is 1. The third-order valence-corrected chi connectivity index (χ3v) is 7.56. The minimum absolute atomic E-state index is 0.129. The Kier molecular flexibility index (Phi) is 2.67. The summed E-state index contributed by atoms with van der Waals surface area (Å²) in [5, 5.41) is 11.9. The Morgan fingerprint density at radius 2 is 2.09 bits per heavy atom. The summed E-state index contributed by atoms with van der Waals surface area (Å²) in [6.45, 7) is 6.78. The summed E-state index contributed by atoms with van der Waals surface area (Å²) in [6.07, 6.45) is 8.76. The summed E-state index contributed by atoms with van der Waals surface area (Å²) >= 11 is 0. The fourth-order valence-electron chi connectivity index (χ4n) is 6.32. The first-order valence-corrected chi connectivity index (χ1v) is 8.49. The molecule has 0 aromatic rings. The Balaban J connectivity index is 1.92. The number of methoxy groups -OCH3 is 1. The van der Waals surface area contributed by atoms with Crippen LogP contribution in [-0.2, 0) is 9.53 Å². The van der Waals surface area contributed by atoms with Crippen molar-refractivity contribution >= 4 is 5.97 Å². The van der Waals surface area contributed by atoms with Crippen LogP contribution in [-0.4, -0.2) is 23.8 Å². The van der Waals surface area contributed by atoms with E-state index in [2.05, 4.69) is 32.9 Å². The quantitative estimate of drug-likeness (QED) is 0.757. The summed E-state index contributed by atoms with van der Waals surface area (Å²) in [5.74, 6) is 1.14. The SMILES string of the molecule is COC(=O)[C@]12CC=C3C=CC[C@@H]([C@H]4[C@@H](C[C@H]1C)C4(C)C)[C@@]32O. The van der Waals surface area contributed by atoms with E-state index in [1.807, 2.05) is 6.08 Å². The zero-order chi connectivity index (χ0) is 15.9. The molecule has 0 heterocycles. The molecule has 0 aromatic carbocycles. The number of hydrogen-bond donors (Lipinski definition) is 1. The van der Waals surface area contributed by atoms with E-state index in [1.54, 1.807) is 0 Å². The van der Waals surface area contributed by atoms with E-state index in [4.69, 9.17) is 4.74 Å². The predicted molar refractivity (Wildman–Crippen MR) is 83.9 cm³/mol. The van der Waals surface area contributed by atoms with Crippen LogP contribution in [0.4, 0.5) is 0 Å². The molecule has 4 aliphatic rings. The Morgan fingerprint density at radius 3 is 2.77 bits per heavy atom. The molecule has 1 N–H and O–H groups in total. The number of aliphatic hydroxyl groups is 1. The van der Waals surface area contributed by atoms with Gasteiger partial charge in [0.25, 0.3) is 0 Å². The van der Waals surface area contributed by atoms with Crippen LogP contribution in [0, 0.1) is 34.5 Å². The van der Waals surface area contributed by atoms with Crippen molar-refractivity contribution in [1.82, 2.24) is 0 Å². The average Bonchev–Trinajstić information content (AvgIpc) is 2.87. The lowest BCUT2D eigenvalue weighted by Gasteiger charge is -2.50. The van der Waals surface area contributed by atoms with E-state index in [0.29, 0.717) is 18.3 Å². The minimum atomic E-state index is -1.05. The second-order valence-electron chi connectivity index (χ2n) is 8.43. The molecule has 0 amide bonds. The maximum atomic E-state index is 12.8. The molecular weight excluding hydrogens is 276 g/mol. The molecular formula is C19H26O3. The molecule has 0 bridgehead atoms. The highest BCUT2D eigenvalue weighted by Crippen LogP contribution is 2.74. The number of fused-ring (bicyclic) bond motifs is 2.